The molecule has 1 aromatic carbocycles. The Kier molecular flexibility index (Phi) is 4.02. The van der Waals surface area contributed by atoms with Gasteiger partial charge in [0.2, 0.25) is 0 Å². The van der Waals surface area contributed by atoms with E-state index in [4.69, 9.17) is 5.26 Å². The summed E-state index contributed by atoms with van der Waals surface area (Å²) in [5, 5.41) is 10.1. The second-order valence-corrected chi connectivity index (χ2v) is 3.53. The topological polar surface area (TPSA) is 23.8 Å². The van der Waals surface area contributed by atoms with Gasteiger partial charge in [-0.05, 0) is 35.9 Å². The summed E-state index contributed by atoms with van der Waals surface area (Å²) in [6.07, 6.45) is -3.49. The van der Waals surface area contributed by atoms with Gasteiger partial charge in [0, 0.05) is 0 Å². The molecule has 0 heterocycles. The Hall–Kier alpha value is -1.41. The second-order valence-electron chi connectivity index (χ2n) is 3.19. The van der Waals surface area contributed by atoms with Crippen LogP contribution >= 0.6 is 12.2 Å². The van der Waals surface area contributed by atoms with E-state index in [0.717, 1.165) is 6.07 Å². The molecule has 0 saturated heterocycles. The molecule has 0 aliphatic carbocycles. The Morgan fingerprint density at radius 2 is 2.06 bits per heavy atom. The molecule has 0 spiro atoms. The van der Waals surface area contributed by atoms with Crippen LogP contribution in [-0.4, -0.2) is 5.37 Å². The molecule has 0 atom stereocenters. The van der Waals surface area contributed by atoms with Crippen LogP contribution in [0.5, 0.6) is 0 Å². The molecule has 5 heteroatoms. The molecule has 84 valence electrons. The molecule has 0 aliphatic rings. The zero-order chi connectivity index (χ0) is 12.2. The molecular formula is C11H8F3NS. The van der Waals surface area contributed by atoms with Gasteiger partial charge >= 0.3 is 6.18 Å². The number of aryl methyl sites for hydroxylation is 1. The van der Waals surface area contributed by atoms with Crippen LogP contribution < -0.4 is 0 Å². The van der Waals surface area contributed by atoms with E-state index < -0.39 is 11.7 Å². The van der Waals surface area contributed by atoms with E-state index in [1.54, 1.807) is 0 Å². The lowest BCUT2D eigenvalue weighted by atomic mass is 10.0. The molecule has 16 heavy (non-hydrogen) atoms. The highest BCUT2D eigenvalue weighted by Crippen LogP contribution is 2.32. The maximum absolute atomic E-state index is 12.6. The molecule has 0 amide bonds. The molecule has 0 saturated carbocycles. The van der Waals surface area contributed by atoms with Gasteiger partial charge in [0.1, 0.15) is 0 Å². The van der Waals surface area contributed by atoms with E-state index in [1.165, 1.54) is 23.6 Å². The molecule has 0 aliphatic heterocycles. The molecular weight excluding hydrogens is 235 g/mol. The second kappa shape index (κ2) is 5.08. The lowest BCUT2D eigenvalue weighted by Gasteiger charge is -2.10. The van der Waals surface area contributed by atoms with Crippen LogP contribution in [0.3, 0.4) is 0 Å². The Bertz CT molecular complexity index is 432. The number of hydrogen-bond acceptors (Lipinski definition) is 2. The first-order valence-corrected chi connectivity index (χ1v) is 5.00. The highest BCUT2D eigenvalue weighted by atomic mass is 32.1. The van der Waals surface area contributed by atoms with Crippen LogP contribution in [0.4, 0.5) is 13.2 Å². The fraction of sp³-hybridized carbons (Fsp3) is 0.273. The average Bonchev–Trinajstić information content (AvgIpc) is 2.24. The van der Waals surface area contributed by atoms with E-state index in [2.05, 4.69) is 12.2 Å². The predicted octanol–water partition coefficient (Wildman–Crippen LogP) is 3.51. The Balaban J connectivity index is 3.13. The van der Waals surface area contributed by atoms with Gasteiger partial charge in [-0.3, -0.25) is 0 Å². The summed E-state index contributed by atoms with van der Waals surface area (Å²) in [6, 6.07) is 5.26. The molecule has 0 aromatic heterocycles. The molecule has 1 nitrogen and oxygen atoms in total. The lowest BCUT2D eigenvalue weighted by molar-refractivity contribution is -0.137. The van der Waals surface area contributed by atoms with Crippen LogP contribution in [0.1, 0.15) is 23.1 Å². The summed E-state index contributed by atoms with van der Waals surface area (Å²) < 4.78 is 37.7. The summed E-state index contributed by atoms with van der Waals surface area (Å²) in [7, 11) is 0. The normalized spacial score (nSPS) is 10.9. The summed E-state index contributed by atoms with van der Waals surface area (Å²) in [5.74, 6) is 0. The van der Waals surface area contributed by atoms with Crippen molar-refractivity contribution in [1.82, 2.24) is 0 Å². The van der Waals surface area contributed by atoms with Gasteiger partial charge < -0.3 is 0 Å². The van der Waals surface area contributed by atoms with E-state index in [0.29, 0.717) is 18.4 Å². The van der Waals surface area contributed by atoms with Crippen molar-refractivity contribution < 1.29 is 13.2 Å². The summed E-state index contributed by atoms with van der Waals surface area (Å²) in [4.78, 5) is 0. The smallest absolute Gasteiger partial charge is 0.192 e. The van der Waals surface area contributed by atoms with Gasteiger partial charge in [-0.15, -0.1) is 0 Å². The van der Waals surface area contributed by atoms with Crippen molar-refractivity contribution >= 4 is 17.6 Å². The molecule has 1 aromatic rings. The Morgan fingerprint density at radius 3 is 2.56 bits per heavy atom. The Morgan fingerprint density at radius 1 is 1.38 bits per heavy atom. The molecule has 0 unspecified atom stereocenters. The van der Waals surface area contributed by atoms with E-state index in [-0.39, 0.29) is 5.56 Å². The average molecular weight is 243 g/mol. The minimum atomic E-state index is -4.49. The predicted molar refractivity (Wildman–Crippen MR) is 58.1 cm³/mol. The van der Waals surface area contributed by atoms with Crippen LogP contribution in [0.25, 0.3) is 0 Å². The standard InChI is InChI=1S/C11H8F3NS/c12-11(13,14)10-6-8(2-1-5-16)3-4-9(10)7-15/h3-6H,1-2H2. The maximum atomic E-state index is 12.6. The first-order valence-electron chi connectivity index (χ1n) is 4.53. The third-order valence-electron chi connectivity index (χ3n) is 2.06. The summed E-state index contributed by atoms with van der Waals surface area (Å²) >= 11 is 4.61. The number of nitriles is 1. The molecule has 0 radical (unpaired) electrons. The van der Waals surface area contributed by atoms with E-state index >= 15 is 0 Å². The summed E-state index contributed by atoms with van der Waals surface area (Å²) in [6.45, 7) is 0. The largest absolute Gasteiger partial charge is 0.417 e. The van der Waals surface area contributed by atoms with Gasteiger partial charge in [-0.2, -0.15) is 18.4 Å². The van der Waals surface area contributed by atoms with Crippen LogP contribution in [0, 0.1) is 11.3 Å². The summed E-state index contributed by atoms with van der Waals surface area (Å²) in [5.41, 5.74) is -0.692. The number of thiocarbonyl (C=S) groups is 1. The van der Waals surface area contributed by atoms with Crippen molar-refractivity contribution in [2.75, 3.05) is 0 Å². The van der Waals surface area contributed by atoms with Crippen molar-refractivity contribution in [1.29, 1.82) is 5.26 Å². The number of rotatable bonds is 3. The van der Waals surface area contributed by atoms with E-state index in [9.17, 15) is 13.2 Å². The van der Waals surface area contributed by atoms with Crippen molar-refractivity contribution in [3.63, 3.8) is 0 Å². The molecule has 0 fully saturated rings. The number of hydrogen-bond donors (Lipinski definition) is 0. The number of nitrogens with zero attached hydrogens (tertiary/aromatic N) is 1. The highest BCUT2D eigenvalue weighted by Gasteiger charge is 2.33. The van der Waals surface area contributed by atoms with Crippen molar-refractivity contribution in [2.24, 2.45) is 0 Å². The SMILES string of the molecule is N#Cc1ccc(CCC=S)cc1C(F)(F)F. The third kappa shape index (κ3) is 3.04. The van der Waals surface area contributed by atoms with E-state index in [1.807, 2.05) is 0 Å². The van der Waals surface area contributed by atoms with Gasteiger partial charge in [-0.1, -0.05) is 18.3 Å². The first kappa shape index (κ1) is 12.7. The number of benzene rings is 1. The zero-order valence-corrected chi connectivity index (χ0v) is 9.03. The van der Waals surface area contributed by atoms with Crippen molar-refractivity contribution in [3.8, 4) is 6.07 Å². The fourth-order valence-corrected chi connectivity index (χ4v) is 1.42. The molecule has 0 N–H and O–H groups in total. The minimum Gasteiger partial charge on any atom is -0.192 e. The van der Waals surface area contributed by atoms with Gasteiger partial charge in [-0.25, -0.2) is 0 Å². The number of halogens is 3. The lowest BCUT2D eigenvalue weighted by Crippen LogP contribution is -2.08. The molecule has 0 bridgehead atoms. The number of alkyl halides is 3. The quantitative estimate of drug-likeness (QED) is 0.758. The van der Waals surface area contributed by atoms with Crippen LogP contribution in [0.15, 0.2) is 18.2 Å². The fourth-order valence-electron chi connectivity index (χ4n) is 1.30. The van der Waals surface area contributed by atoms with Gasteiger partial charge in [0.25, 0.3) is 0 Å². The third-order valence-corrected chi connectivity index (χ3v) is 2.30. The zero-order valence-electron chi connectivity index (χ0n) is 8.21. The Labute approximate surface area is 96.5 Å². The van der Waals surface area contributed by atoms with Crippen LogP contribution in [0.2, 0.25) is 0 Å². The van der Waals surface area contributed by atoms with Crippen molar-refractivity contribution in [3.05, 3.63) is 34.9 Å². The highest BCUT2D eigenvalue weighted by molar-refractivity contribution is 7.78. The van der Waals surface area contributed by atoms with Gasteiger partial charge in [0.15, 0.2) is 0 Å². The van der Waals surface area contributed by atoms with Gasteiger partial charge in [0.05, 0.1) is 17.2 Å². The first-order chi connectivity index (χ1) is 7.49. The maximum Gasteiger partial charge on any atom is 0.417 e. The molecule has 1 rings (SSSR count). The van der Waals surface area contributed by atoms with Crippen molar-refractivity contribution in [2.45, 2.75) is 19.0 Å². The minimum absolute atomic E-state index is 0.349. The van der Waals surface area contributed by atoms with Crippen LogP contribution in [-0.2, 0) is 12.6 Å². The monoisotopic (exact) mass is 243 g/mol.